The highest BCUT2D eigenvalue weighted by Gasteiger charge is 2.37. The monoisotopic (exact) mass is 268 g/mol. The van der Waals surface area contributed by atoms with E-state index in [2.05, 4.69) is 15.2 Å². The van der Waals surface area contributed by atoms with Gasteiger partial charge in [0.25, 0.3) is 0 Å². The topological polar surface area (TPSA) is 44.5 Å². The number of halogens is 2. The van der Waals surface area contributed by atoms with E-state index in [-0.39, 0.29) is 12.1 Å². The minimum atomic E-state index is -0.563. The summed E-state index contributed by atoms with van der Waals surface area (Å²) in [5, 5.41) is 0. The molecule has 4 rings (SSSR count). The van der Waals surface area contributed by atoms with Gasteiger partial charge >= 0.3 is 0 Å². The van der Waals surface area contributed by atoms with E-state index < -0.39 is 11.6 Å². The van der Waals surface area contributed by atoms with Crippen LogP contribution >= 0.6 is 0 Å². The molecule has 104 valence electrons. The third kappa shape index (κ3) is 2.49. The number of hydrogen-bond acceptors (Lipinski definition) is 4. The molecule has 0 spiro atoms. The lowest BCUT2D eigenvalue weighted by Gasteiger charge is -2.50. The van der Waals surface area contributed by atoms with Crippen LogP contribution in [0.15, 0.2) is 18.2 Å². The number of nitrogens with one attached hydrogen (secondary N) is 1. The first-order valence-corrected chi connectivity index (χ1v) is 6.56. The van der Waals surface area contributed by atoms with E-state index in [1.807, 2.05) is 0 Å². The number of nitrogens with zero attached hydrogens (tertiary/aromatic N) is 2. The minimum Gasteiger partial charge on any atom is -0.299 e. The zero-order chi connectivity index (χ0) is 13.4. The Bertz CT molecular complexity index is 440. The van der Waals surface area contributed by atoms with Crippen molar-refractivity contribution in [2.75, 3.05) is 32.7 Å². The fourth-order valence-electron chi connectivity index (χ4n) is 3.16. The predicted molar refractivity (Wildman–Crippen MR) is 68.2 cm³/mol. The molecule has 3 heterocycles. The van der Waals surface area contributed by atoms with Crippen LogP contribution in [0.2, 0.25) is 0 Å². The van der Waals surface area contributed by atoms with Crippen LogP contribution in [0.3, 0.4) is 0 Å². The molecule has 3 fully saturated rings. The SMILES string of the molecule is NNC(c1cc(F)cc(F)c1)C1CN2CCN1CC2. The first-order chi connectivity index (χ1) is 9.17. The van der Waals surface area contributed by atoms with Crippen LogP contribution in [0.25, 0.3) is 0 Å². The summed E-state index contributed by atoms with van der Waals surface area (Å²) >= 11 is 0. The Morgan fingerprint density at radius 2 is 1.74 bits per heavy atom. The lowest BCUT2D eigenvalue weighted by atomic mass is 9.94. The van der Waals surface area contributed by atoms with Gasteiger partial charge in [0.2, 0.25) is 0 Å². The maximum absolute atomic E-state index is 13.3. The van der Waals surface area contributed by atoms with Crippen molar-refractivity contribution in [3.8, 4) is 0 Å². The summed E-state index contributed by atoms with van der Waals surface area (Å²) in [6, 6.07) is 3.49. The molecule has 2 bridgehead atoms. The van der Waals surface area contributed by atoms with Crippen molar-refractivity contribution >= 4 is 0 Å². The highest BCUT2D eigenvalue weighted by molar-refractivity contribution is 5.23. The van der Waals surface area contributed by atoms with Gasteiger partial charge in [0.15, 0.2) is 0 Å². The van der Waals surface area contributed by atoms with E-state index >= 15 is 0 Å². The lowest BCUT2D eigenvalue weighted by molar-refractivity contribution is -0.00377. The molecule has 2 unspecified atom stereocenters. The summed E-state index contributed by atoms with van der Waals surface area (Å²) in [4.78, 5) is 4.71. The van der Waals surface area contributed by atoms with Gasteiger partial charge in [-0.25, -0.2) is 8.78 Å². The lowest BCUT2D eigenvalue weighted by Crippen LogP contribution is -2.64. The van der Waals surface area contributed by atoms with Crippen LogP contribution in [0.1, 0.15) is 11.6 Å². The van der Waals surface area contributed by atoms with Gasteiger partial charge in [-0.15, -0.1) is 0 Å². The average molecular weight is 268 g/mol. The second-order valence-electron chi connectivity index (χ2n) is 5.25. The van der Waals surface area contributed by atoms with Crippen LogP contribution in [0, 0.1) is 11.6 Å². The van der Waals surface area contributed by atoms with Gasteiger partial charge < -0.3 is 0 Å². The second kappa shape index (κ2) is 5.13. The number of hydrazine groups is 1. The maximum atomic E-state index is 13.3. The summed E-state index contributed by atoms with van der Waals surface area (Å²) in [6.07, 6.45) is 0. The summed E-state index contributed by atoms with van der Waals surface area (Å²) in [6.45, 7) is 4.98. The van der Waals surface area contributed by atoms with Gasteiger partial charge in [-0.1, -0.05) is 0 Å². The van der Waals surface area contributed by atoms with E-state index in [4.69, 9.17) is 5.84 Å². The molecule has 0 aromatic heterocycles. The molecule has 6 heteroatoms. The first kappa shape index (κ1) is 12.9. The van der Waals surface area contributed by atoms with Gasteiger partial charge in [0.05, 0.1) is 6.04 Å². The maximum Gasteiger partial charge on any atom is 0.126 e. The highest BCUT2D eigenvalue weighted by Crippen LogP contribution is 2.27. The summed E-state index contributed by atoms with van der Waals surface area (Å²) in [7, 11) is 0. The van der Waals surface area contributed by atoms with Gasteiger partial charge in [-0.05, 0) is 17.7 Å². The van der Waals surface area contributed by atoms with E-state index in [1.54, 1.807) is 0 Å². The van der Waals surface area contributed by atoms with Gasteiger partial charge in [-0.2, -0.15) is 0 Å². The molecule has 3 aliphatic rings. The van der Waals surface area contributed by atoms with Crippen LogP contribution in [0.5, 0.6) is 0 Å². The van der Waals surface area contributed by atoms with Gasteiger partial charge in [0.1, 0.15) is 11.6 Å². The van der Waals surface area contributed by atoms with Crippen molar-refractivity contribution in [2.45, 2.75) is 12.1 Å². The highest BCUT2D eigenvalue weighted by atomic mass is 19.1. The molecule has 1 aromatic rings. The fraction of sp³-hybridized carbons (Fsp3) is 0.538. The molecule has 3 aliphatic heterocycles. The van der Waals surface area contributed by atoms with Crippen LogP contribution < -0.4 is 11.3 Å². The Kier molecular flexibility index (Phi) is 3.49. The summed E-state index contributed by atoms with van der Waals surface area (Å²) in [5.74, 6) is 4.50. The average Bonchev–Trinajstić information content (AvgIpc) is 2.40. The molecular weight excluding hydrogens is 250 g/mol. The van der Waals surface area contributed by atoms with Crippen molar-refractivity contribution in [1.29, 1.82) is 0 Å². The van der Waals surface area contributed by atoms with Crippen LogP contribution in [-0.4, -0.2) is 48.6 Å². The largest absolute Gasteiger partial charge is 0.299 e. The minimum absolute atomic E-state index is 0.161. The van der Waals surface area contributed by atoms with Crippen molar-refractivity contribution < 1.29 is 8.78 Å². The Balaban J connectivity index is 1.87. The van der Waals surface area contributed by atoms with Crippen molar-refractivity contribution in [3.63, 3.8) is 0 Å². The molecule has 19 heavy (non-hydrogen) atoms. The third-order valence-corrected chi connectivity index (χ3v) is 4.13. The number of nitrogens with two attached hydrogens (primary N) is 1. The third-order valence-electron chi connectivity index (χ3n) is 4.13. The normalized spacial score (nSPS) is 31.4. The van der Waals surface area contributed by atoms with Crippen LogP contribution in [-0.2, 0) is 0 Å². The quantitative estimate of drug-likeness (QED) is 0.618. The Morgan fingerprint density at radius 3 is 2.21 bits per heavy atom. The molecule has 0 amide bonds. The molecule has 0 saturated carbocycles. The molecule has 0 radical (unpaired) electrons. The molecular formula is C13H18F2N4. The number of piperazine rings is 3. The Labute approximate surface area is 111 Å². The molecule has 4 nitrogen and oxygen atoms in total. The number of fused-ring (bicyclic) bond motifs is 3. The Morgan fingerprint density at radius 1 is 1.11 bits per heavy atom. The van der Waals surface area contributed by atoms with Crippen molar-refractivity contribution in [1.82, 2.24) is 15.2 Å². The summed E-state index contributed by atoms with van der Waals surface area (Å²) < 4.78 is 26.7. The van der Waals surface area contributed by atoms with E-state index in [0.717, 1.165) is 38.8 Å². The van der Waals surface area contributed by atoms with E-state index in [9.17, 15) is 8.78 Å². The van der Waals surface area contributed by atoms with Crippen molar-refractivity contribution in [2.24, 2.45) is 5.84 Å². The zero-order valence-corrected chi connectivity index (χ0v) is 10.6. The standard InChI is InChI=1S/C13H18F2N4/c14-10-5-9(6-11(15)7-10)13(17-16)12-8-18-1-3-19(12)4-2-18/h5-7,12-13,17H,1-4,8,16H2. The number of benzene rings is 1. The number of hydrogen-bond donors (Lipinski definition) is 2. The van der Waals surface area contributed by atoms with E-state index in [0.29, 0.717) is 5.56 Å². The van der Waals surface area contributed by atoms with Crippen molar-refractivity contribution in [3.05, 3.63) is 35.4 Å². The zero-order valence-electron chi connectivity index (χ0n) is 10.6. The summed E-state index contributed by atoms with van der Waals surface area (Å²) in [5.41, 5.74) is 3.29. The Hall–Kier alpha value is -1.08. The van der Waals surface area contributed by atoms with E-state index in [1.165, 1.54) is 12.1 Å². The second-order valence-corrected chi connectivity index (χ2v) is 5.25. The van der Waals surface area contributed by atoms with Gasteiger partial charge in [0, 0.05) is 44.8 Å². The number of rotatable bonds is 3. The molecule has 3 N–H and O–H groups in total. The smallest absolute Gasteiger partial charge is 0.126 e. The molecule has 3 saturated heterocycles. The van der Waals surface area contributed by atoms with Gasteiger partial charge in [-0.3, -0.25) is 21.1 Å². The molecule has 2 atom stereocenters. The fourth-order valence-corrected chi connectivity index (χ4v) is 3.16. The predicted octanol–water partition coefficient (Wildman–Crippen LogP) is 0.469. The van der Waals surface area contributed by atoms with Crippen LogP contribution in [0.4, 0.5) is 8.78 Å². The first-order valence-electron chi connectivity index (χ1n) is 6.56. The molecule has 0 aliphatic carbocycles. The molecule has 1 aromatic carbocycles.